The second-order valence-corrected chi connectivity index (χ2v) is 15.1. The van der Waals surface area contributed by atoms with Gasteiger partial charge in [-0.15, -0.1) is 11.3 Å². The Kier molecular flexibility index (Phi) is 9.28. The summed E-state index contributed by atoms with van der Waals surface area (Å²) in [5.41, 5.74) is 2.33. The molecule has 184 valence electrons. The first-order valence-corrected chi connectivity index (χ1v) is 15.6. The predicted octanol–water partition coefficient (Wildman–Crippen LogP) is 7.42. The predicted molar refractivity (Wildman–Crippen MR) is 149 cm³/mol. The fourth-order valence-electron chi connectivity index (χ4n) is 3.78. The Bertz CT molecular complexity index is 1200. The van der Waals surface area contributed by atoms with E-state index in [1.165, 1.54) is 0 Å². The van der Waals surface area contributed by atoms with E-state index in [0.29, 0.717) is 9.64 Å². The number of hydrogen-bond donors (Lipinski definition) is 0. The largest absolute Gasteiger partial charge is 0.300 e. The highest BCUT2D eigenvalue weighted by atomic mass is 35.5. The summed E-state index contributed by atoms with van der Waals surface area (Å²) in [7, 11) is -5.44. The molecule has 0 saturated carbocycles. The average molecular weight is 558 g/mol. The molecule has 3 nitrogen and oxygen atoms in total. The summed E-state index contributed by atoms with van der Waals surface area (Å²) in [4.78, 5) is 0.00745. The molecule has 0 fully saturated rings. The summed E-state index contributed by atoms with van der Waals surface area (Å²) in [6, 6.07) is 16.4. The molecular formula is C26H31Cl2O3PS2. The third kappa shape index (κ3) is 5.88. The summed E-state index contributed by atoms with van der Waals surface area (Å²) in [5, 5.41) is 2.71. The molecule has 0 aliphatic heterocycles. The lowest BCUT2D eigenvalue weighted by Crippen LogP contribution is -2.29. The van der Waals surface area contributed by atoms with Gasteiger partial charge in [-0.2, -0.15) is 8.42 Å². The number of halogens is 2. The lowest BCUT2D eigenvalue weighted by Gasteiger charge is -2.27. The van der Waals surface area contributed by atoms with E-state index >= 15 is 0 Å². The topological polar surface area (TPSA) is 43.4 Å². The van der Waals surface area contributed by atoms with Crippen molar-refractivity contribution in [1.82, 2.24) is 0 Å². The Morgan fingerprint density at radius 1 is 0.824 bits per heavy atom. The van der Waals surface area contributed by atoms with Gasteiger partial charge in [0.2, 0.25) is 0 Å². The maximum Gasteiger partial charge on any atom is 0.300 e. The molecule has 0 spiro atoms. The highest BCUT2D eigenvalue weighted by Gasteiger charge is 2.36. The number of benzene rings is 2. The van der Waals surface area contributed by atoms with Gasteiger partial charge in [0, 0.05) is 5.30 Å². The van der Waals surface area contributed by atoms with Crippen LogP contribution in [0.15, 0.2) is 53.4 Å². The molecule has 34 heavy (non-hydrogen) atoms. The summed E-state index contributed by atoms with van der Waals surface area (Å²) < 4.78 is 32.9. The van der Waals surface area contributed by atoms with Crippen LogP contribution in [-0.2, 0) is 14.3 Å². The highest BCUT2D eigenvalue weighted by molar-refractivity contribution is 7.89. The second-order valence-electron chi connectivity index (χ2n) is 9.22. The first kappa shape index (κ1) is 27.6. The number of hydrogen-bond acceptors (Lipinski definition) is 4. The van der Waals surface area contributed by atoms with Gasteiger partial charge in [-0.05, 0) is 47.4 Å². The maximum atomic E-state index is 13.4. The molecule has 0 N–H and O–H groups in total. The van der Waals surface area contributed by atoms with Crippen molar-refractivity contribution in [3.63, 3.8) is 0 Å². The molecule has 0 unspecified atom stereocenters. The molecule has 0 bridgehead atoms. The Balaban J connectivity index is 2.40. The van der Waals surface area contributed by atoms with E-state index in [2.05, 4.69) is 52.0 Å². The minimum Gasteiger partial charge on any atom is -0.266 e. The SMILES string of the molecule is CC(C)COS(=O)(=O)c1c(Cl)sc(Cl)c1P(c1ccccc1C(C)C)c1ccccc1C(C)C. The maximum absolute atomic E-state index is 13.4. The zero-order chi connectivity index (χ0) is 25.2. The van der Waals surface area contributed by atoms with Crippen LogP contribution in [-0.4, -0.2) is 15.0 Å². The van der Waals surface area contributed by atoms with Crippen molar-refractivity contribution in [3.8, 4) is 0 Å². The summed E-state index contributed by atoms with van der Waals surface area (Å²) >= 11 is 14.5. The Morgan fingerprint density at radius 2 is 1.29 bits per heavy atom. The molecule has 2 aromatic carbocycles. The lowest BCUT2D eigenvalue weighted by molar-refractivity contribution is 0.275. The standard InChI is InChI=1S/C26H31Cl2O3PS2/c1-16(2)15-31-34(29,30)24-23(25(27)33-26(24)28)32(21-13-9-7-11-19(21)17(3)4)22-14-10-8-12-20(22)18(5)6/h7-14,16-18H,15H2,1-6H3. The Labute approximate surface area is 219 Å². The summed E-state index contributed by atoms with van der Waals surface area (Å²) in [6.45, 7) is 12.5. The van der Waals surface area contributed by atoms with Crippen molar-refractivity contribution >= 4 is 68.5 Å². The Morgan fingerprint density at radius 3 is 1.74 bits per heavy atom. The zero-order valence-corrected chi connectivity index (χ0v) is 24.3. The normalized spacial score (nSPS) is 12.5. The van der Waals surface area contributed by atoms with Crippen molar-refractivity contribution in [2.75, 3.05) is 6.61 Å². The van der Waals surface area contributed by atoms with Gasteiger partial charge in [-0.3, -0.25) is 4.18 Å². The van der Waals surface area contributed by atoms with Crippen molar-refractivity contribution in [3.05, 3.63) is 68.3 Å². The quantitative estimate of drug-likeness (QED) is 0.203. The molecule has 0 amide bonds. The highest BCUT2D eigenvalue weighted by Crippen LogP contribution is 2.47. The van der Waals surface area contributed by atoms with Gasteiger partial charge in [-0.1, -0.05) is 113 Å². The smallest absolute Gasteiger partial charge is 0.266 e. The van der Waals surface area contributed by atoms with Crippen LogP contribution in [0.5, 0.6) is 0 Å². The van der Waals surface area contributed by atoms with Crippen LogP contribution in [0.25, 0.3) is 0 Å². The van der Waals surface area contributed by atoms with Crippen molar-refractivity contribution < 1.29 is 12.6 Å². The third-order valence-electron chi connectivity index (χ3n) is 5.39. The van der Waals surface area contributed by atoms with Gasteiger partial charge in [0.05, 0.1) is 6.61 Å². The molecule has 0 saturated heterocycles. The van der Waals surface area contributed by atoms with Gasteiger partial charge in [0.1, 0.15) is 13.6 Å². The average Bonchev–Trinajstić information content (AvgIpc) is 3.07. The first-order valence-electron chi connectivity index (χ1n) is 11.3. The zero-order valence-electron chi connectivity index (χ0n) is 20.3. The van der Waals surface area contributed by atoms with Crippen molar-refractivity contribution in [1.29, 1.82) is 0 Å². The van der Waals surface area contributed by atoms with Crippen LogP contribution < -0.4 is 15.9 Å². The molecule has 0 aliphatic carbocycles. The molecule has 0 radical (unpaired) electrons. The lowest BCUT2D eigenvalue weighted by atomic mass is 10.0. The number of rotatable bonds is 9. The van der Waals surface area contributed by atoms with Crippen LogP contribution in [0.3, 0.4) is 0 Å². The summed E-state index contributed by atoms with van der Waals surface area (Å²) in [6.07, 6.45) is 0. The van der Waals surface area contributed by atoms with E-state index in [1.807, 2.05) is 38.1 Å². The molecule has 0 atom stereocenters. The van der Waals surface area contributed by atoms with Crippen LogP contribution in [0, 0.1) is 5.92 Å². The molecule has 3 rings (SSSR count). The fourth-order valence-corrected chi connectivity index (χ4v) is 11.3. The fraction of sp³-hybridized carbons (Fsp3) is 0.385. The molecule has 0 aliphatic rings. The monoisotopic (exact) mass is 556 g/mol. The molecule has 8 heteroatoms. The van der Waals surface area contributed by atoms with Crippen molar-refractivity contribution in [2.45, 2.75) is 58.3 Å². The minimum absolute atomic E-state index is 0.00745. The molecule has 3 aromatic rings. The van der Waals surface area contributed by atoms with Crippen LogP contribution in [0.1, 0.15) is 64.5 Å². The van der Waals surface area contributed by atoms with Crippen LogP contribution in [0.2, 0.25) is 8.67 Å². The van der Waals surface area contributed by atoms with Gasteiger partial charge in [0.15, 0.2) is 0 Å². The van der Waals surface area contributed by atoms with Crippen LogP contribution in [0.4, 0.5) is 0 Å². The van der Waals surface area contributed by atoms with Gasteiger partial charge < -0.3 is 0 Å². The van der Waals surface area contributed by atoms with E-state index in [4.69, 9.17) is 27.4 Å². The third-order valence-corrected chi connectivity index (χ3v) is 11.7. The number of thiophene rings is 1. The van der Waals surface area contributed by atoms with E-state index in [1.54, 1.807) is 0 Å². The van der Waals surface area contributed by atoms with Gasteiger partial charge >= 0.3 is 0 Å². The van der Waals surface area contributed by atoms with E-state index in [-0.39, 0.29) is 33.6 Å². The first-order chi connectivity index (χ1) is 16.0. The van der Waals surface area contributed by atoms with Gasteiger partial charge in [0.25, 0.3) is 10.1 Å². The molecule has 1 aromatic heterocycles. The van der Waals surface area contributed by atoms with Gasteiger partial charge in [-0.25, -0.2) is 0 Å². The molecule has 1 heterocycles. The van der Waals surface area contributed by atoms with Crippen molar-refractivity contribution in [2.24, 2.45) is 5.92 Å². The van der Waals surface area contributed by atoms with E-state index < -0.39 is 18.0 Å². The van der Waals surface area contributed by atoms with Crippen LogP contribution >= 0.6 is 42.5 Å². The Hall–Kier alpha value is -0.940. The van der Waals surface area contributed by atoms with E-state index in [0.717, 1.165) is 33.1 Å². The minimum atomic E-state index is -4.11. The molecular weight excluding hydrogens is 526 g/mol. The summed E-state index contributed by atoms with van der Waals surface area (Å²) in [5.74, 6) is 0.547. The second kappa shape index (κ2) is 11.4. The van der Waals surface area contributed by atoms with E-state index in [9.17, 15) is 8.42 Å².